The largest absolute Gasteiger partial charge is 0.503 e. The first-order valence-electron chi connectivity index (χ1n) is 8.03. The molecular weight excluding hydrogens is 366 g/mol. The zero-order chi connectivity index (χ0) is 18.3. The van der Waals surface area contributed by atoms with Gasteiger partial charge in [-0.2, -0.15) is 0 Å². The second-order valence-corrected chi connectivity index (χ2v) is 7.93. The monoisotopic (exact) mass is 381 g/mol. The van der Waals surface area contributed by atoms with Gasteiger partial charge in [-0.3, -0.25) is 14.5 Å². The van der Waals surface area contributed by atoms with Crippen LogP contribution >= 0.6 is 22.7 Å². The topological polar surface area (TPSA) is 57.6 Å². The third-order valence-corrected chi connectivity index (χ3v) is 6.08. The number of aryl methyl sites for hydroxylation is 1. The smallest absolute Gasteiger partial charge is 0.294 e. The molecule has 130 valence electrons. The second-order valence-electron chi connectivity index (χ2n) is 6.00. The summed E-state index contributed by atoms with van der Waals surface area (Å²) < 4.78 is 0. The van der Waals surface area contributed by atoms with Crippen molar-refractivity contribution in [1.29, 1.82) is 0 Å². The van der Waals surface area contributed by atoms with E-state index in [1.807, 2.05) is 48.7 Å². The van der Waals surface area contributed by atoms with Crippen molar-refractivity contribution in [2.75, 3.05) is 4.90 Å². The number of benzene rings is 1. The van der Waals surface area contributed by atoms with E-state index < -0.39 is 17.7 Å². The molecule has 1 aliphatic rings. The molecule has 0 saturated carbocycles. The number of anilines is 1. The van der Waals surface area contributed by atoms with Gasteiger partial charge in [0.25, 0.3) is 5.91 Å². The number of amides is 1. The Balaban J connectivity index is 1.87. The number of aliphatic hydroxyl groups is 1. The summed E-state index contributed by atoms with van der Waals surface area (Å²) >= 11 is 2.76. The Morgan fingerprint density at radius 3 is 2.50 bits per heavy atom. The third kappa shape index (κ3) is 2.67. The molecule has 1 unspecified atom stereocenters. The van der Waals surface area contributed by atoms with Crippen LogP contribution in [0.15, 0.2) is 70.6 Å². The molecule has 1 amide bonds. The Hall–Kier alpha value is -2.70. The SMILES string of the molecule is Cc1cccc(N2C(=O)C(O)=C(C(=O)c3cccs3)C2c2cccs2)c1. The molecule has 0 fully saturated rings. The molecular formula is C20H15NO3S2. The van der Waals surface area contributed by atoms with E-state index >= 15 is 0 Å². The van der Waals surface area contributed by atoms with Crippen molar-refractivity contribution >= 4 is 40.1 Å². The summed E-state index contributed by atoms with van der Waals surface area (Å²) in [4.78, 5) is 28.8. The van der Waals surface area contributed by atoms with Crippen molar-refractivity contribution in [3.63, 3.8) is 0 Å². The molecule has 0 bridgehead atoms. The fraction of sp³-hybridized carbons (Fsp3) is 0.100. The first-order valence-corrected chi connectivity index (χ1v) is 9.79. The van der Waals surface area contributed by atoms with Gasteiger partial charge >= 0.3 is 0 Å². The minimum absolute atomic E-state index is 0.140. The van der Waals surface area contributed by atoms with Crippen molar-refractivity contribution in [1.82, 2.24) is 0 Å². The van der Waals surface area contributed by atoms with Crippen LogP contribution in [0.3, 0.4) is 0 Å². The van der Waals surface area contributed by atoms with Gasteiger partial charge in [0.05, 0.1) is 10.5 Å². The molecule has 1 atom stereocenters. The quantitative estimate of drug-likeness (QED) is 0.654. The van der Waals surface area contributed by atoms with Gasteiger partial charge in [0.1, 0.15) is 6.04 Å². The highest BCUT2D eigenvalue weighted by atomic mass is 32.1. The van der Waals surface area contributed by atoms with Crippen LogP contribution < -0.4 is 4.90 Å². The molecule has 1 aromatic carbocycles. The summed E-state index contributed by atoms with van der Waals surface area (Å²) in [5.41, 5.74) is 1.80. The van der Waals surface area contributed by atoms with E-state index in [1.54, 1.807) is 17.5 Å². The number of hydrogen-bond donors (Lipinski definition) is 1. The van der Waals surface area contributed by atoms with Crippen LogP contribution in [0, 0.1) is 6.92 Å². The van der Waals surface area contributed by atoms with E-state index in [1.165, 1.54) is 27.6 Å². The predicted molar refractivity (Wildman–Crippen MR) is 104 cm³/mol. The summed E-state index contributed by atoms with van der Waals surface area (Å²) in [5.74, 6) is -1.32. The molecule has 1 N–H and O–H groups in total. The molecule has 26 heavy (non-hydrogen) atoms. The Morgan fingerprint density at radius 1 is 1.08 bits per heavy atom. The first-order chi connectivity index (χ1) is 12.6. The molecule has 6 heteroatoms. The Kier molecular flexibility index (Phi) is 4.22. The number of aliphatic hydroxyl groups excluding tert-OH is 1. The van der Waals surface area contributed by atoms with Gasteiger partial charge < -0.3 is 5.11 Å². The van der Waals surface area contributed by atoms with Gasteiger partial charge in [-0.1, -0.05) is 24.3 Å². The standard InChI is InChI=1S/C20H15NO3S2/c1-12-5-2-6-13(11-12)21-17(14-7-3-9-25-14)16(19(23)20(21)24)18(22)15-8-4-10-26-15/h2-11,17,23H,1H3. The van der Waals surface area contributed by atoms with Crippen LogP contribution in [-0.4, -0.2) is 16.8 Å². The second kappa shape index (κ2) is 6.55. The number of thiophene rings is 2. The molecule has 4 nitrogen and oxygen atoms in total. The van der Waals surface area contributed by atoms with Gasteiger partial charge in [-0.15, -0.1) is 22.7 Å². The normalized spacial score (nSPS) is 17.2. The summed E-state index contributed by atoms with van der Waals surface area (Å²) in [6.45, 7) is 1.94. The highest BCUT2D eigenvalue weighted by Gasteiger charge is 2.45. The summed E-state index contributed by atoms with van der Waals surface area (Å²) in [7, 11) is 0. The zero-order valence-electron chi connectivity index (χ0n) is 13.9. The number of carbonyl (C=O) groups is 2. The maximum Gasteiger partial charge on any atom is 0.294 e. The van der Waals surface area contributed by atoms with Crippen LogP contribution in [-0.2, 0) is 4.79 Å². The molecule has 0 spiro atoms. The lowest BCUT2D eigenvalue weighted by molar-refractivity contribution is -0.117. The van der Waals surface area contributed by atoms with Crippen molar-refractivity contribution in [3.05, 3.63) is 85.9 Å². The van der Waals surface area contributed by atoms with Crippen molar-refractivity contribution in [2.24, 2.45) is 0 Å². The van der Waals surface area contributed by atoms with Gasteiger partial charge in [0.15, 0.2) is 5.76 Å². The highest BCUT2D eigenvalue weighted by Crippen LogP contribution is 2.43. The lowest BCUT2D eigenvalue weighted by atomic mass is 10.0. The Morgan fingerprint density at radius 2 is 1.85 bits per heavy atom. The van der Waals surface area contributed by atoms with E-state index in [2.05, 4.69) is 0 Å². The maximum atomic E-state index is 13.0. The van der Waals surface area contributed by atoms with E-state index in [0.717, 1.165) is 10.4 Å². The molecule has 0 saturated heterocycles. The van der Waals surface area contributed by atoms with E-state index in [9.17, 15) is 14.7 Å². The highest BCUT2D eigenvalue weighted by molar-refractivity contribution is 7.12. The average Bonchev–Trinajstić information content (AvgIpc) is 3.36. The minimum Gasteiger partial charge on any atom is -0.503 e. The fourth-order valence-corrected chi connectivity index (χ4v) is 4.64. The number of Topliss-reactive ketones (excluding diaryl/α,β-unsaturated/α-hetero) is 1. The third-order valence-electron chi connectivity index (χ3n) is 4.29. The van der Waals surface area contributed by atoms with Crippen molar-refractivity contribution in [3.8, 4) is 0 Å². The molecule has 1 aliphatic heterocycles. The number of nitrogens with zero attached hydrogens (tertiary/aromatic N) is 1. The predicted octanol–water partition coefficient (Wildman–Crippen LogP) is 4.90. The Bertz CT molecular complexity index is 1000. The summed E-state index contributed by atoms with van der Waals surface area (Å²) in [6.07, 6.45) is 0. The van der Waals surface area contributed by atoms with Crippen LogP contribution in [0.1, 0.15) is 26.2 Å². The molecule has 4 rings (SSSR count). The van der Waals surface area contributed by atoms with Crippen LogP contribution in [0.25, 0.3) is 0 Å². The van der Waals surface area contributed by atoms with Gasteiger partial charge in [0.2, 0.25) is 5.78 Å². The molecule has 0 radical (unpaired) electrons. The van der Waals surface area contributed by atoms with Crippen molar-refractivity contribution < 1.29 is 14.7 Å². The van der Waals surface area contributed by atoms with E-state index in [-0.39, 0.29) is 11.4 Å². The number of hydrogen-bond acceptors (Lipinski definition) is 5. The van der Waals surface area contributed by atoms with Crippen LogP contribution in [0.4, 0.5) is 5.69 Å². The summed E-state index contributed by atoms with van der Waals surface area (Å²) in [5, 5.41) is 14.3. The summed E-state index contributed by atoms with van der Waals surface area (Å²) in [6, 6.07) is 14.1. The minimum atomic E-state index is -0.626. The molecule has 0 aliphatic carbocycles. The van der Waals surface area contributed by atoms with Crippen LogP contribution in [0.2, 0.25) is 0 Å². The average molecular weight is 381 g/mol. The zero-order valence-corrected chi connectivity index (χ0v) is 15.5. The molecule has 3 heterocycles. The van der Waals surface area contributed by atoms with E-state index in [4.69, 9.17) is 0 Å². The lowest BCUT2D eigenvalue weighted by Crippen LogP contribution is -2.30. The van der Waals surface area contributed by atoms with Gasteiger partial charge in [-0.05, 0) is 47.5 Å². The molecule has 3 aromatic rings. The maximum absolute atomic E-state index is 13.0. The van der Waals surface area contributed by atoms with Gasteiger partial charge in [-0.25, -0.2) is 0 Å². The Labute approximate surface area is 158 Å². The molecule has 2 aromatic heterocycles. The number of carbonyl (C=O) groups excluding carboxylic acids is 2. The first kappa shape index (κ1) is 16.8. The van der Waals surface area contributed by atoms with E-state index in [0.29, 0.717) is 10.6 Å². The van der Waals surface area contributed by atoms with Crippen molar-refractivity contribution in [2.45, 2.75) is 13.0 Å². The van der Waals surface area contributed by atoms with Gasteiger partial charge in [0, 0.05) is 10.6 Å². The van der Waals surface area contributed by atoms with Crippen LogP contribution in [0.5, 0.6) is 0 Å². The number of rotatable bonds is 4. The number of ketones is 1. The lowest BCUT2D eigenvalue weighted by Gasteiger charge is -2.26. The fourth-order valence-electron chi connectivity index (χ4n) is 3.14.